The molecule has 0 atom stereocenters. The normalized spacial score (nSPS) is 19.6. The topological polar surface area (TPSA) is 55.4 Å². The van der Waals surface area contributed by atoms with Crippen molar-refractivity contribution in [2.45, 2.75) is 41.5 Å². The van der Waals surface area contributed by atoms with E-state index in [0.29, 0.717) is 90.1 Å². The minimum Gasteiger partial charge on any atom is -0.377 e. The summed E-state index contributed by atoms with van der Waals surface area (Å²) in [6.45, 7) is 20.9. The Morgan fingerprint density at radius 3 is 0.761 bits per heavy atom. The van der Waals surface area contributed by atoms with Crippen molar-refractivity contribution >= 4 is 38.1 Å². The molecule has 5 rings (SSSR count). The van der Waals surface area contributed by atoms with Crippen molar-refractivity contribution < 1.29 is 96.9 Å². The first-order valence-electron chi connectivity index (χ1n) is 15.7. The van der Waals surface area contributed by atoms with Crippen LogP contribution in [0.25, 0.3) is 21.5 Å². The Labute approximate surface area is 335 Å². The molecule has 0 spiro atoms. The molecule has 0 unspecified atom stereocenters. The average molecular weight is 738 g/mol. The van der Waals surface area contributed by atoms with E-state index in [-0.39, 0.29) is 68.5 Å². The molecule has 0 N–H and O–H groups in total. The van der Waals surface area contributed by atoms with E-state index in [0.717, 1.165) is 0 Å². The fourth-order valence-electron chi connectivity index (χ4n) is 4.36. The summed E-state index contributed by atoms with van der Waals surface area (Å²) in [7, 11) is 3.07. The number of benzene rings is 3. The molecule has 0 amide bonds. The molecule has 3 aromatic carbocycles. The van der Waals surface area contributed by atoms with Gasteiger partial charge in [0.1, 0.15) is 0 Å². The molecule has 3 aromatic rings. The van der Waals surface area contributed by atoms with Gasteiger partial charge in [-0.3, -0.25) is 0 Å². The van der Waals surface area contributed by atoms with Crippen molar-refractivity contribution in [3.8, 4) is 0 Å². The van der Waals surface area contributed by atoms with Gasteiger partial charge in [0.2, 0.25) is 0 Å². The molecule has 2 aliphatic rings. The first-order chi connectivity index (χ1) is 21.2. The molecule has 2 fully saturated rings. The number of rotatable bonds is 0. The molecule has 6 nitrogen and oxygen atoms in total. The predicted octanol–water partition coefficient (Wildman–Crippen LogP) is 6.06. The van der Waals surface area contributed by atoms with Crippen LogP contribution >= 0.6 is 16.5 Å². The van der Waals surface area contributed by atoms with Crippen LogP contribution in [0.5, 0.6) is 0 Å². The van der Waals surface area contributed by atoms with Crippen molar-refractivity contribution in [3.05, 3.63) is 72.0 Å². The monoisotopic (exact) mass is 737 g/mol. The van der Waals surface area contributed by atoms with Gasteiger partial charge in [0.05, 0.1) is 79.3 Å². The number of fused-ring (bicyclic) bond motifs is 2. The SMILES string of the molecule is C1COCCOCCOCCOCCOCCO1.CC(C)(C)[C]1[P][P][C]1C(C)(C)C.[Fe].[K+].c1ccc2cc3ccccc3cc2c1. The zero-order valence-corrected chi connectivity index (χ0v) is 35.0. The molecule has 0 aliphatic carbocycles. The fourth-order valence-corrected chi connectivity index (χ4v) is 8.63. The van der Waals surface area contributed by atoms with Crippen LogP contribution in [0.4, 0.5) is 0 Å². The van der Waals surface area contributed by atoms with E-state index in [1.54, 1.807) is 11.3 Å². The zero-order valence-electron chi connectivity index (χ0n) is 29.0. The standard InChI is InChI=1S/C14H10.C12H24O6.C10H18P2.Fe.K/c1-2-6-12-10-14-8-4-3-7-13(14)9-11(12)5-1;1-2-14-5-6-16-9-10-18-12-11-17-8-7-15-4-3-13-1;1-9(2,3)7-8(12-11-7)10(4,5)6;;/h1-10H;1-12H2;1-6H3;;/q;;;;+1. The van der Waals surface area contributed by atoms with Gasteiger partial charge < -0.3 is 28.4 Å². The van der Waals surface area contributed by atoms with Gasteiger partial charge in [-0.25, -0.2) is 0 Å². The first-order valence-corrected chi connectivity index (χ1v) is 18.2. The molecule has 0 aromatic heterocycles. The van der Waals surface area contributed by atoms with Crippen molar-refractivity contribution in [1.29, 1.82) is 0 Å². The molecular formula is C36H52FeKO6P2+. The van der Waals surface area contributed by atoms with E-state index in [2.05, 4.69) is 102 Å². The summed E-state index contributed by atoms with van der Waals surface area (Å²) in [6, 6.07) is 21.4. The Morgan fingerprint density at radius 1 is 0.413 bits per heavy atom. The van der Waals surface area contributed by atoms with Crippen LogP contribution in [0, 0.1) is 22.1 Å². The minimum absolute atomic E-state index is 0. The van der Waals surface area contributed by atoms with Gasteiger partial charge in [-0.15, -0.1) is 0 Å². The largest absolute Gasteiger partial charge is 1.00 e. The van der Waals surface area contributed by atoms with E-state index in [1.165, 1.54) is 38.1 Å². The van der Waals surface area contributed by atoms with Crippen molar-refractivity contribution in [2.75, 3.05) is 79.3 Å². The van der Waals surface area contributed by atoms with Gasteiger partial charge in [-0.05, 0) is 61.0 Å². The smallest absolute Gasteiger partial charge is 0.377 e. The number of ether oxygens (including phenoxy) is 6. The van der Waals surface area contributed by atoms with Gasteiger partial charge in [-0.1, -0.05) is 90.1 Å². The van der Waals surface area contributed by atoms with E-state index < -0.39 is 0 Å². The molecule has 0 saturated carbocycles. The first kappa shape index (κ1) is 45.0. The van der Waals surface area contributed by atoms with Crippen LogP contribution in [-0.4, -0.2) is 79.3 Å². The maximum Gasteiger partial charge on any atom is 1.00 e. The Bertz CT molecular complexity index is 1010. The number of hydrogen-bond donors (Lipinski definition) is 0. The Balaban J connectivity index is 0.000000344. The Kier molecular flexibility index (Phi) is 24.4. The third kappa shape index (κ3) is 17.7. The molecule has 0 bridgehead atoms. The van der Waals surface area contributed by atoms with E-state index >= 15 is 0 Å². The van der Waals surface area contributed by atoms with Crippen LogP contribution in [0.2, 0.25) is 0 Å². The second-order valence-electron chi connectivity index (χ2n) is 12.6. The van der Waals surface area contributed by atoms with Gasteiger partial charge in [0.25, 0.3) is 0 Å². The van der Waals surface area contributed by atoms with Crippen LogP contribution in [0.1, 0.15) is 41.5 Å². The maximum absolute atomic E-state index is 5.33. The zero-order chi connectivity index (χ0) is 31.7. The minimum atomic E-state index is 0. The van der Waals surface area contributed by atoms with Crippen LogP contribution < -0.4 is 51.4 Å². The molecule has 4 radical (unpaired) electrons. The van der Waals surface area contributed by atoms with Gasteiger partial charge >= 0.3 is 51.4 Å². The van der Waals surface area contributed by atoms with Crippen molar-refractivity contribution in [1.82, 2.24) is 0 Å². The second-order valence-corrected chi connectivity index (χ2v) is 15.1. The van der Waals surface area contributed by atoms with Crippen LogP contribution in [0.15, 0.2) is 60.7 Å². The summed E-state index contributed by atoms with van der Waals surface area (Å²) in [5.74, 6) is 0. The molecule has 2 heterocycles. The fraction of sp³-hybridized carbons (Fsp3) is 0.556. The summed E-state index contributed by atoms with van der Waals surface area (Å²) in [5.41, 5.74) is 4.10. The Hall–Kier alpha value is 0.956. The molecule has 10 heteroatoms. The molecule has 2 aliphatic heterocycles. The van der Waals surface area contributed by atoms with E-state index in [4.69, 9.17) is 28.4 Å². The summed E-state index contributed by atoms with van der Waals surface area (Å²) in [4.78, 5) is 0. The molecular weight excluding hydrogens is 685 g/mol. The average Bonchev–Trinajstić information content (AvgIpc) is 2.94. The van der Waals surface area contributed by atoms with Crippen LogP contribution in [-0.2, 0) is 45.5 Å². The van der Waals surface area contributed by atoms with E-state index in [1.807, 2.05) is 0 Å². The van der Waals surface area contributed by atoms with Gasteiger partial charge in [0, 0.05) is 28.4 Å². The molecule has 250 valence electrons. The summed E-state index contributed by atoms with van der Waals surface area (Å²) in [6.07, 6.45) is 0. The summed E-state index contributed by atoms with van der Waals surface area (Å²) < 4.78 is 32.0. The molecule has 46 heavy (non-hydrogen) atoms. The second kappa shape index (κ2) is 25.0. The Morgan fingerprint density at radius 2 is 0.609 bits per heavy atom. The molecule has 2 saturated heterocycles. The van der Waals surface area contributed by atoms with E-state index in [9.17, 15) is 0 Å². The van der Waals surface area contributed by atoms with Crippen molar-refractivity contribution in [3.63, 3.8) is 0 Å². The summed E-state index contributed by atoms with van der Waals surface area (Å²) >= 11 is 0. The predicted molar refractivity (Wildman–Crippen MR) is 186 cm³/mol. The maximum atomic E-state index is 5.33. The third-order valence-corrected chi connectivity index (χ3v) is 10.7. The van der Waals surface area contributed by atoms with Gasteiger partial charge in [0.15, 0.2) is 0 Å². The van der Waals surface area contributed by atoms with Crippen LogP contribution in [0.3, 0.4) is 0 Å². The quantitative estimate of drug-likeness (QED) is 0.159. The van der Waals surface area contributed by atoms with Gasteiger partial charge in [-0.2, -0.15) is 0 Å². The number of hydrogen-bond acceptors (Lipinski definition) is 6. The van der Waals surface area contributed by atoms with Crippen molar-refractivity contribution in [2.24, 2.45) is 10.8 Å². The third-order valence-electron chi connectivity index (χ3n) is 6.74. The summed E-state index contributed by atoms with van der Waals surface area (Å²) in [5, 5.41) is 5.25.